The molecular weight excluding hydrogens is 395 g/mol. The fourth-order valence-electron chi connectivity index (χ4n) is 2.80. The fraction of sp³-hybridized carbons (Fsp3) is 0.444. The van der Waals surface area contributed by atoms with Crippen LogP contribution in [0.1, 0.15) is 18.5 Å². The molecule has 1 N–H and O–H groups in total. The van der Waals surface area contributed by atoms with Crippen LogP contribution < -0.4 is 5.32 Å². The number of urea groups is 1. The molecule has 1 aromatic carbocycles. The zero-order chi connectivity index (χ0) is 20.0. The van der Waals surface area contributed by atoms with Crippen LogP contribution in [-0.4, -0.2) is 57.5 Å². The number of nitrogens with zero attached hydrogens (tertiary/aromatic N) is 1. The number of allylic oxidation sites excluding steroid dienone is 1. The predicted octanol–water partition coefficient (Wildman–Crippen LogP) is 3.17. The van der Waals surface area contributed by atoms with Gasteiger partial charge in [-0.1, -0.05) is 29.3 Å². The third-order valence-electron chi connectivity index (χ3n) is 4.14. The first-order valence-corrected chi connectivity index (χ1v) is 9.05. The first-order chi connectivity index (χ1) is 12.9. The van der Waals surface area contributed by atoms with Crippen LogP contribution in [0.3, 0.4) is 0 Å². The summed E-state index contributed by atoms with van der Waals surface area (Å²) in [5.74, 6) is -0.576. The molecular formula is C18H22Cl2N2O5. The third kappa shape index (κ3) is 4.93. The van der Waals surface area contributed by atoms with E-state index in [1.807, 2.05) is 0 Å². The highest BCUT2D eigenvalue weighted by Crippen LogP contribution is 2.38. The van der Waals surface area contributed by atoms with E-state index >= 15 is 0 Å². The van der Waals surface area contributed by atoms with Crippen LogP contribution in [0.5, 0.6) is 0 Å². The van der Waals surface area contributed by atoms with Gasteiger partial charge in [0.15, 0.2) is 0 Å². The molecule has 2 amide bonds. The molecule has 0 radical (unpaired) electrons. The molecule has 148 valence electrons. The lowest BCUT2D eigenvalue weighted by molar-refractivity contribution is -0.140. The fourth-order valence-corrected chi connectivity index (χ4v) is 3.41. The number of nitrogens with one attached hydrogen (secondary N) is 1. The lowest BCUT2D eigenvalue weighted by Crippen LogP contribution is -2.49. The summed E-state index contributed by atoms with van der Waals surface area (Å²) in [6.45, 7) is 2.62. The summed E-state index contributed by atoms with van der Waals surface area (Å²) < 4.78 is 15.3. The van der Waals surface area contributed by atoms with Crippen molar-refractivity contribution in [1.29, 1.82) is 0 Å². The molecule has 0 aromatic heterocycles. The minimum atomic E-state index is -0.826. The van der Waals surface area contributed by atoms with Crippen LogP contribution >= 0.6 is 23.2 Å². The van der Waals surface area contributed by atoms with Crippen LogP contribution in [0, 0.1) is 0 Å². The predicted molar refractivity (Wildman–Crippen MR) is 102 cm³/mol. The molecule has 2 rings (SSSR count). The molecule has 0 fully saturated rings. The van der Waals surface area contributed by atoms with E-state index in [9.17, 15) is 9.59 Å². The van der Waals surface area contributed by atoms with E-state index in [0.29, 0.717) is 27.9 Å². The summed E-state index contributed by atoms with van der Waals surface area (Å²) >= 11 is 12.6. The topological polar surface area (TPSA) is 77.1 Å². The second-order valence-electron chi connectivity index (χ2n) is 5.79. The summed E-state index contributed by atoms with van der Waals surface area (Å²) in [7, 11) is 3.05. The monoisotopic (exact) mass is 416 g/mol. The zero-order valence-corrected chi connectivity index (χ0v) is 16.9. The second-order valence-corrected chi connectivity index (χ2v) is 6.60. The van der Waals surface area contributed by atoms with Crippen molar-refractivity contribution in [2.45, 2.75) is 13.0 Å². The van der Waals surface area contributed by atoms with E-state index in [4.69, 9.17) is 37.4 Å². The Bertz CT molecular complexity index is 718. The van der Waals surface area contributed by atoms with E-state index in [0.717, 1.165) is 0 Å². The average Bonchev–Trinajstić information content (AvgIpc) is 2.61. The van der Waals surface area contributed by atoms with Crippen molar-refractivity contribution in [3.8, 4) is 0 Å². The number of carbonyl (C=O) groups is 2. The van der Waals surface area contributed by atoms with Crippen molar-refractivity contribution in [2.75, 3.05) is 40.6 Å². The second kappa shape index (κ2) is 9.94. The number of ether oxygens (including phenoxy) is 3. The summed E-state index contributed by atoms with van der Waals surface area (Å²) in [5, 5.41) is 3.48. The maximum atomic E-state index is 12.8. The third-order valence-corrected chi connectivity index (χ3v) is 4.80. The van der Waals surface area contributed by atoms with Gasteiger partial charge in [-0.05, 0) is 19.1 Å². The number of rotatable bonds is 8. The van der Waals surface area contributed by atoms with Gasteiger partial charge in [-0.2, -0.15) is 0 Å². The molecule has 0 aliphatic carbocycles. The molecule has 0 saturated heterocycles. The minimum Gasteiger partial charge on any atom is -0.460 e. The van der Waals surface area contributed by atoms with Gasteiger partial charge in [0, 0.05) is 35.5 Å². The van der Waals surface area contributed by atoms with Crippen molar-refractivity contribution in [1.82, 2.24) is 10.2 Å². The molecule has 1 aliphatic rings. The first kappa shape index (κ1) is 21.5. The Balaban J connectivity index is 2.49. The summed E-state index contributed by atoms with van der Waals surface area (Å²) in [6, 6.07) is 3.79. The molecule has 7 nitrogen and oxygen atoms in total. The quantitative estimate of drug-likeness (QED) is 0.520. The lowest BCUT2D eigenvalue weighted by Gasteiger charge is -2.35. The van der Waals surface area contributed by atoms with E-state index in [1.54, 1.807) is 25.1 Å². The van der Waals surface area contributed by atoms with Crippen molar-refractivity contribution < 1.29 is 23.8 Å². The van der Waals surface area contributed by atoms with Gasteiger partial charge in [0.2, 0.25) is 0 Å². The van der Waals surface area contributed by atoms with Crippen LogP contribution in [-0.2, 0) is 19.0 Å². The Morgan fingerprint density at radius 1 is 1.15 bits per heavy atom. The lowest BCUT2D eigenvalue weighted by atomic mass is 9.94. The molecule has 1 aliphatic heterocycles. The van der Waals surface area contributed by atoms with Gasteiger partial charge in [-0.15, -0.1) is 0 Å². The zero-order valence-electron chi connectivity index (χ0n) is 15.4. The number of amides is 2. The highest BCUT2D eigenvalue weighted by atomic mass is 35.5. The van der Waals surface area contributed by atoms with Crippen molar-refractivity contribution in [3.63, 3.8) is 0 Å². The van der Waals surface area contributed by atoms with Crippen LogP contribution in [0.25, 0.3) is 0 Å². The normalized spacial score (nSPS) is 17.1. The van der Waals surface area contributed by atoms with Crippen LogP contribution in [0.15, 0.2) is 29.5 Å². The van der Waals surface area contributed by atoms with Gasteiger partial charge in [-0.3, -0.25) is 4.90 Å². The average molecular weight is 417 g/mol. The van der Waals surface area contributed by atoms with Crippen LogP contribution in [0.2, 0.25) is 10.0 Å². The number of carbonyl (C=O) groups excluding carboxylic acids is 2. The highest BCUT2D eigenvalue weighted by Gasteiger charge is 2.38. The molecule has 1 aromatic rings. The minimum absolute atomic E-state index is 0.0844. The summed E-state index contributed by atoms with van der Waals surface area (Å²) in [4.78, 5) is 26.8. The van der Waals surface area contributed by atoms with Gasteiger partial charge < -0.3 is 19.5 Å². The summed E-state index contributed by atoms with van der Waals surface area (Å²) in [5.41, 5.74) is 1.16. The van der Waals surface area contributed by atoms with Crippen molar-refractivity contribution >= 4 is 35.2 Å². The van der Waals surface area contributed by atoms with Crippen LogP contribution in [0.4, 0.5) is 4.79 Å². The van der Waals surface area contributed by atoms with Gasteiger partial charge >= 0.3 is 12.0 Å². The van der Waals surface area contributed by atoms with E-state index in [-0.39, 0.29) is 31.4 Å². The SMILES string of the molecule is COCCOC(=O)C1=C(C)N(CCOC)C(=O)NC1c1c(Cl)cccc1Cl. The van der Waals surface area contributed by atoms with Crippen molar-refractivity contribution in [3.05, 3.63) is 45.1 Å². The van der Waals surface area contributed by atoms with Gasteiger partial charge in [0.1, 0.15) is 6.61 Å². The standard InChI is InChI=1S/C18H22Cl2N2O5/c1-11-14(17(23)27-10-9-26-3)16(15-12(19)5-4-6-13(15)20)21-18(24)22(11)7-8-25-2/h4-6,16H,7-10H2,1-3H3,(H,21,24). The number of benzene rings is 1. The number of halogens is 2. The molecule has 1 unspecified atom stereocenters. The molecule has 27 heavy (non-hydrogen) atoms. The van der Waals surface area contributed by atoms with E-state index in [2.05, 4.69) is 5.32 Å². The number of hydrogen-bond donors (Lipinski definition) is 1. The maximum Gasteiger partial charge on any atom is 0.338 e. The number of esters is 1. The largest absolute Gasteiger partial charge is 0.460 e. The van der Waals surface area contributed by atoms with Crippen molar-refractivity contribution in [2.24, 2.45) is 0 Å². The van der Waals surface area contributed by atoms with Gasteiger partial charge in [0.05, 0.1) is 31.4 Å². The molecule has 0 bridgehead atoms. The molecule has 1 heterocycles. The number of methoxy groups -OCH3 is 2. The van der Waals surface area contributed by atoms with E-state index in [1.165, 1.54) is 19.1 Å². The number of hydrogen-bond acceptors (Lipinski definition) is 5. The summed E-state index contributed by atoms with van der Waals surface area (Å²) in [6.07, 6.45) is 0. The Morgan fingerprint density at radius 3 is 2.37 bits per heavy atom. The molecule has 0 saturated carbocycles. The Morgan fingerprint density at radius 2 is 1.78 bits per heavy atom. The molecule has 9 heteroatoms. The Hall–Kier alpha value is -1.80. The molecule has 0 spiro atoms. The Kier molecular flexibility index (Phi) is 7.91. The molecule has 1 atom stereocenters. The maximum absolute atomic E-state index is 12.8. The van der Waals surface area contributed by atoms with Gasteiger partial charge in [0.25, 0.3) is 0 Å². The highest BCUT2D eigenvalue weighted by molar-refractivity contribution is 6.36. The van der Waals surface area contributed by atoms with Gasteiger partial charge in [-0.25, -0.2) is 9.59 Å². The Labute approximate surface area is 168 Å². The first-order valence-electron chi connectivity index (χ1n) is 8.30. The van der Waals surface area contributed by atoms with E-state index < -0.39 is 12.0 Å². The smallest absolute Gasteiger partial charge is 0.338 e.